The summed E-state index contributed by atoms with van der Waals surface area (Å²) in [5, 5.41) is 14.1. The Morgan fingerprint density at radius 3 is 2.42 bits per heavy atom. The number of esters is 1. The van der Waals surface area contributed by atoms with Gasteiger partial charge in [0.05, 0.1) is 10.4 Å². The summed E-state index contributed by atoms with van der Waals surface area (Å²) in [6.07, 6.45) is 1.44. The molecule has 172 valence electrons. The molecule has 10 heteroatoms. The summed E-state index contributed by atoms with van der Waals surface area (Å²) in [4.78, 5) is 47.0. The van der Waals surface area contributed by atoms with Crippen molar-refractivity contribution in [3.05, 3.63) is 70.4 Å². The van der Waals surface area contributed by atoms with Gasteiger partial charge in [-0.2, -0.15) is 0 Å². The second-order valence-corrected chi connectivity index (χ2v) is 8.26. The zero-order valence-corrected chi connectivity index (χ0v) is 18.3. The minimum atomic E-state index is -1.15. The van der Waals surface area contributed by atoms with E-state index in [9.17, 15) is 24.5 Å². The van der Waals surface area contributed by atoms with Crippen LogP contribution >= 0.6 is 0 Å². The van der Waals surface area contributed by atoms with Crippen molar-refractivity contribution in [2.45, 2.75) is 38.8 Å². The fourth-order valence-electron chi connectivity index (χ4n) is 3.21. The number of hydrogen-bond acceptors (Lipinski definition) is 7. The van der Waals surface area contributed by atoms with Crippen LogP contribution in [0.2, 0.25) is 0 Å². The average molecular weight is 453 g/mol. The third-order valence-electron chi connectivity index (χ3n) is 4.60. The molecule has 0 saturated carbocycles. The van der Waals surface area contributed by atoms with Crippen LogP contribution in [0.3, 0.4) is 0 Å². The van der Waals surface area contributed by atoms with E-state index in [0.29, 0.717) is 17.5 Å². The number of rotatable bonds is 7. The lowest BCUT2D eigenvalue weighted by molar-refractivity contribution is -0.384. The van der Waals surface area contributed by atoms with Gasteiger partial charge < -0.3 is 14.8 Å². The van der Waals surface area contributed by atoms with Crippen molar-refractivity contribution in [1.29, 1.82) is 0 Å². The Bertz CT molecular complexity index is 1190. The number of fused-ring (bicyclic) bond motifs is 1. The number of para-hydroxylation sites is 1. The lowest BCUT2D eigenvalue weighted by Crippen LogP contribution is -2.46. The van der Waals surface area contributed by atoms with Gasteiger partial charge in [0, 0.05) is 30.1 Å². The van der Waals surface area contributed by atoms with Gasteiger partial charge in [-0.1, -0.05) is 18.2 Å². The molecule has 1 N–H and O–H groups in total. The number of nitrogens with zero attached hydrogens (tertiary/aromatic N) is 2. The first-order chi connectivity index (χ1) is 15.6. The number of alkyl carbamates (subject to hydrolysis) is 1. The summed E-state index contributed by atoms with van der Waals surface area (Å²) in [7, 11) is 0. The number of amides is 1. The summed E-state index contributed by atoms with van der Waals surface area (Å²) in [6.45, 7) is 5.07. The number of carbonyl (C=O) groups is 3. The van der Waals surface area contributed by atoms with E-state index in [-0.39, 0.29) is 17.9 Å². The van der Waals surface area contributed by atoms with Crippen LogP contribution in [-0.4, -0.2) is 39.6 Å². The van der Waals surface area contributed by atoms with E-state index in [2.05, 4.69) is 5.32 Å². The third-order valence-corrected chi connectivity index (χ3v) is 4.60. The first-order valence-electron chi connectivity index (χ1n) is 10.1. The zero-order valence-electron chi connectivity index (χ0n) is 18.3. The van der Waals surface area contributed by atoms with Crippen LogP contribution in [0.5, 0.6) is 5.75 Å². The topological polar surface area (TPSA) is 130 Å². The van der Waals surface area contributed by atoms with Gasteiger partial charge in [0.1, 0.15) is 17.4 Å². The first kappa shape index (κ1) is 23.5. The third kappa shape index (κ3) is 5.94. The molecule has 0 saturated heterocycles. The summed E-state index contributed by atoms with van der Waals surface area (Å²) in [6, 6.07) is 11.0. The molecule has 0 aliphatic rings. The number of benzene rings is 2. The molecule has 0 aliphatic heterocycles. The van der Waals surface area contributed by atoms with Crippen molar-refractivity contribution in [2.24, 2.45) is 0 Å². The van der Waals surface area contributed by atoms with E-state index < -0.39 is 28.6 Å². The van der Waals surface area contributed by atoms with Gasteiger partial charge in [0.15, 0.2) is 0 Å². The Kier molecular flexibility index (Phi) is 6.76. The fourth-order valence-corrected chi connectivity index (χ4v) is 3.21. The summed E-state index contributed by atoms with van der Waals surface area (Å²) >= 11 is 0. The lowest BCUT2D eigenvalue weighted by Gasteiger charge is -2.23. The molecule has 0 bridgehead atoms. The van der Waals surface area contributed by atoms with Gasteiger partial charge in [0.2, 0.25) is 6.41 Å². The maximum absolute atomic E-state index is 12.9. The Labute approximate surface area is 189 Å². The fraction of sp³-hybridized carbons (Fsp3) is 0.261. The Hall–Kier alpha value is -4.21. The SMILES string of the molecule is CC(C)(C)OC(=O)N[C@@H](Cc1cn(C=O)c2ccccc12)C(=O)Oc1ccc([N+](=O)[O-])cc1. The minimum absolute atomic E-state index is 0.0202. The van der Waals surface area contributed by atoms with Crippen LogP contribution in [0, 0.1) is 10.1 Å². The molecule has 1 atom stereocenters. The van der Waals surface area contributed by atoms with Crippen LogP contribution in [0.1, 0.15) is 26.3 Å². The smallest absolute Gasteiger partial charge is 0.408 e. The molecular formula is C23H23N3O7. The molecule has 1 aromatic heterocycles. The van der Waals surface area contributed by atoms with Crippen LogP contribution in [0.4, 0.5) is 10.5 Å². The quantitative estimate of drug-likeness (QED) is 0.190. The van der Waals surface area contributed by atoms with Crippen LogP contribution in [0.15, 0.2) is 54.7 Å². The molecule has 33 heavy (non-hydrogen) atoms. The largest absolute Gasteiger partial charge is 0.444 e. The predicted octanol–water partition coefficient (Wildman–Crippen LogP) is 3.63. The highest BCUT2D eigenvalue weighted by Crippen LogP contribution is 2.23. The van der Waals surface area contributed by atoms with Crippen LogP contribution < -0.4 is 10.1 Å². The van der Waals surface area contributed by atoms with Gasteiger partial charge >= 0.3 is 12.1 Å². The second-order valence-electron chi connectivity index (χ2n) is 8.26. The molecule has 3 rings (SSSR count). The summed E-state index contributed by atoms with van der Waals surface area (Å²) < 4.78 is 12.0. The number of hydrogen-bond donors (Lipinski definition) is 1. The normalized spacial score (nSPS) is 12.1. The number of aromatic nitrogens is 1. The van der Waals surface area contributed by atoms with E-state index in [4.69, 9.17) is 9.47 Å². The molecule has 0 fully saturated rings. The van der Waals surface area contributed by atoms with Crippen molar-refractivity contribution >= 4 is 35.1 Å². The number of nitro benzene ring substituents is 1. The van der Waals surface area contributed by atoms with E-state index in [0.717, 1.165) is 5.39 Å². The lowest BCUT2D eigenvalue weighted by atomic mass is 10.1. The second kappa shape index (κ2) is 9.51. The van der Waals surface area contributed by atoms with Crippen molar-refractivity contribution < 1.29 is 28.8 Å². The highest BCUT2D eigenvalue weighted by atomic mass is 16.6. The van der Waals surface area contributed by atoms with E-state index in [1.165, 1.54) is 28.8 Å². The van der Waals surface area contributed by atoms with E-state index in [1.54, 1.807) is 51.2 Å². The summed E-state index contributed by atoms with van der Waals surface area (Å²) in [5.74, 6) is -0.713. The van der Waals surface area contributed by atoms with Gasteiger partial charge in [-0.25, -0.2) is 9.59 Å². The molecule has 1 amide bonds. The van der Waals surface area contributed by atoms with Gasteiger partial charge in [-0.3, -0.25) is 19.5 Å². The van der Waals surface area contributed by atoms with Crippen molar-refractivity contribution in [1.82, 2.24) is 9.88 Å². The van der Waals surface area contributed by atoms with Gasteiger partial charge in [-0.05, 0) is 44.5 Å². The molecule has 2 aromatic carbocycles. The Morgan fingerprint density at radius 1 is 1.15 bits per heavy atom. The summed E-state index contributed by atoms with van der Waals surface area (Å²) in [5.41, 5.74) is 0.353. The van der Waals surface area contributed by atoms with Gasteiger partial charge in [0.25, 0.3) is 5.69 Å². The Morgan fingerprint density at radius 2 is 1.82 bits per heavy atom. The number of ether oxygens (including phenoxy) is 2. The average Bonchev–Trinajstić information content (AvgIpc) is 3.10. The number of carbonyl (C=O) groups excluding carboxylic acids is 3. The predicted molar refractivity (Wildman–Crippen MR) is 120 cm³/mol. The van der Waals surface area contributed by atoms with Crippen LogP contribution in [0.25, 0.3) is 10.9 Å². The molecule has 0 radical (unpaired) electrons. The van der Waals surface area contributed by atoms with E-state index >= 15 is 0 Å². The monoisotopic (exact) mass is 453 g/mol. The molecular weight excluding hydrogens is 430 g/mol. The zero-order chi connectivity index (χ0) is 24.2. The Balaban J connectivity index is 1.87. The number of non-ortho nitro benzene ring substituents is 1. The van der Waals surface area contributed by atoms with Crippen LogP contribution in [-0.2, 0) is 20.7 Å². The van der Waals surface area contributed by atoms with E-state index in [1.807, 2.05) is 0 Å². The molecule has 10 nitrogen and oxygen atoms in total. The number of nitrogens with one attached hydrogen (secondary N) is 1. The molecule has 1 heterocycles. The van der Waals surface area contributed by atoms with Crippen molar-refractivity contribution in [3.63, 3.8) is 0 Å². The molecule has 0 spiro atoms. The minimum Gasteiger partial charge on any atom is -0.444 e. The molecule has 0 aliphatic carbocycles. The first-order valence-corrected chi connectivity index (χ1v) is 10.1. The number of nitro groups is 1. The van der Waals surface area contributed by atoms with Gasteiger partial charge in [-0.15, -0.1) is 0 Å². The maximum atomic E-state index is 12.9. The highest BCUT2D eigenvalue weighted by molar-refractivity contribution is 5.90. The molecule has 0 unspecified atom stereocenters. The molecule has 3 aromatic rings. The maximum Gasteiger partial charge on any atom is 0.408 e. The van der Waals surface area contributed by atoms with Crippen molar-refractivity contribution in [3.8, 4) is 5.75 Å². The highest BCUT2D eigenvalue weighted by Gasteiger charge is 2.28. The van der Waals surface area contributed by atoms with Crippen molar-refractivity contribution in [2.75, 3.05) is 0 Å². The standard InChI is InChI=1S/C23H23N3O7/c1-23(2,3)33-22(29)24-19(21(28)32-17-10-8-16(9-11-17)26(30)31)12-15-13-25(14-27)20-7-5-4-6-18(15)20/h4-11,13-14,19H,12H2,1-3H3,(H,24,29)/t19-/m0/s1.